The number of amides is 2. The van der Waals surface area contributed by atoms with Crippen molar-refractivity contribution in [2.75, 3.05) is 6.61 Å². The summed E-state index contributed by atoms with van der Waals surface area (Å²) in [6.07, 6.45) is -0.531. The molecule has 3 N–H and O–H groups in total. The molecule has 0 aromatic heterocycles. The first kappa shape index (κ1) is 16.6. The van der Waals surface area contributed by atoms with Gasteiger partial charge in [-0.2, -0.15) is 0 Å². The number of carbonyl (C=O) groups is 3. The summed E-state index contributed by atoms with van der Waals surface area (Å²) in [6.45, 7) is 4.53. The number of nitrogens with zero attached hydrogens (tertiary/aromatic N) is 1. The van der Waals surface area contributed by atoms with E-state index in [9.17, 15) is 24.6 Å². The zero-order valence-electron chi connectivity index (χ0n) is 12.5. The van der Waals surface area contributed by atoms with Crippen LogP contribution in [0.3, 0.4) is 0 Å². The normalized spacial score (nSPS) is 24.5. The number of aliphatic hydroxyl groups is 1. The van der Waals surface area contributed by atoms with Crippen molar-refractivity contribution < 1.29 is 29.3 Å². The Bertz CT molecular complexity index is 553. The average Bonchev–Trinajstić information content (AvgIpc) is 2.34. The van der Waals surface area contributed by atoms with E-state index in [2.05, 4.69) is 5.32 Å². The molecule has 0 aromatic carbocycles. The second-order valence-corrected chi connectivity index (χ2v) is 7.15. The molecular formula is C13H18N2O6S. The van der Waals surface area contributed by atoms with E-state index in [1.165, 1.54) is 4.90 Å². The molecule has 2 amide bonds. The van der Waals surface area contributed by atoms with Crippen molar-refractivity contribution in [1.82, 2.24) is 10.2 Å². The highest BCUT2D eigenvalue weighted by molar-refractivity contribution is 8.03. The Morgan fingerprint density at radius 1 is 1.45 bits per heavy atom. The fourth-order valence-electron chi connectivity index (χ4n) is 2.25. The van der Waals surface area contributed by atoms with Crippen molar-refractivity contribution in [2.45, 2.75) is 44.2 Å². The standard InChI is InChI=1S/C13H18N2O6S/c1-13(2,3)21-12(20)14-10-6(5-16)9(11(18)19)15-7(17)4-8(15)22-10/h8-9,16H,4-5H2,1-3H3,(H,14,20)(H,18,19)/t8-,9?/m1/s1. The van der Waals surface area contributed by atoms with Gasteiger partial charge in [-0.15, -0.1) is 0 Å². The van der Waals surface area contributed by atoms with E-state index in [1.807, 2.05) is 0 Å². The number of β-lactam (4-membered cyclic amide) rings is 1. The van der Waals surface area contributed by atoms with E-state index < -0.39 is 30.3 Å². The molecule has 0 spiro atoms. The molecule has 122 valence electrons. The second kappa shape index (κ2) is 5.81. The van der Waals surface area contributed by atoms with E-state index in [4.69, 9.17) is 4.74 Å². The Morgan fingerprint density at radius 3 is 2.55 bits per heavy atom. The fraction of sp³-hybridized carbons (Fsp3) is 0.615. The molecule has 8 nitrogen and oxygen atoms in total. The SMILES string of the molecule is CC(C)(C)OC(=O)NC1=C(CO)C(C(=O)O)N2C(=O)C[C@H]2S1. The number of fused-ring (bicyclic) bond motifs is 1. The summed E-state index contributed by atoms with van der Waals surface area (Å²) in [5.41, 5.74) is -0.624. The summed E-state index contributed by atoms with van der Waals surface area (Å²) >= 11 is 1.14. The van der Waals surface area contributed by atoms with Crippen molar-refractivity contribution in [3.63, 3.8) is 0 Å². The molecule has 1 unspecified atom stereocenters. The van der Waals surface area contributed by atoms with Crippen LogP contribution in [0.4, 0.5) is 4.79 Å². The minimum absolute atomic E-state index is 0.0765. The molecule has 0 radical (unpaired) electrons. The summed E-state index contributed by atoms with van der Waals surface area (Å²) in [5, 5.41) is 21.2. The molecule has 2 atom stereocenters. The van der Waals surface area contributed by atoms with Crippen LogP contribution in [-0.4, -0.2) is 56.7 Å². The smallest absolute Gasteiger partial charge is 0.412 e. The lowest BCUT2D eigenvalue weighted by Crippen LogP contribution is -2.62. The summed E-state index contributed by atoms with van der Waals surface area (Å²) in [4.78, 5) is 36.1. The van der Waals surface area contributed by atoms with Gasteiger partial charge in [-0.3, -0.25) is 10.1 Å². The fourth-order valence-corrected chi connectivity index (χ4v) is 3.57. The number of aliphatic carboxylic acids is 1. The van der Waals surface area contributed by atoms with Crippen LogP contribution < -0.4 is 5.32 Å². The van der Waals surface area contributed by atoms with Crippen LogP contribution in [0.25, 0.3) is 0 Å². The van der Waals surface area contributed by atoms with Crippen LogP contribution in [0.5, 0.6) is 0 Å². The van der Waals surface area contributed by atoms with Crippen molar-refractivity contribution in [3.05, 3.63) is 10.6 Å². The van der Waals surface area contributed by atoms with Crippen LogP contribution in [-0.2, 0) is 14.3 Å². The van der Waals surface area contributed by atoms with Gasteiger partial charge in [0.15, 0.2) is 6.04 Å². The molecule has 2 aliphatic rings. The largest absolute Gasteiger partial charge is 0.479 e. The topological polar surface area (TPSA) is 116 Å². The average molecular weight is 330 g/mol. The van der Waals surface area contributed by atoms with Crippen LogP contribution >= 0.6 is 11.8 Å². The van der Waals surface area contributed by atoms with Crippen LogP contribution in [0, 0.1) is 0 Å². The Hall–Kier alpha value is -1.74. The minimum atomic E-state index is -1.26. The third-order valence-electron chi connectivity index (χ3n) is 3.12. The number of hydrogen-bond acceptors (Lipinski definition) is 6. The maximum absolute atomic E-state index is 11.8. The van der Waals surface area contributed by atoms with Gasteiger partial charge in [-0.1, -0.05) is 11.8 Å². The molecule has 0 aliphatic carbocycles. The number of hydrogen-bond donors (Lipinski definition) is 3. The molecule has 1 fully saturated rings. The lowest BCUT2D eigenvalue weighted by atomic mass is 10.0. The third kappa shape index (κ3) is 3.20. The zero-order chi connectivity index (χ0) is 16.7. The zero-order valence-corrected chi connectivity index (χ0v) is 13.3. The molecule has 9 heteroatoms. The van der Waals surface area contributed by atoms with Gasteiger partial charge in [0, 0.05) is 5.57 Å². The Labute approximate surface area is 131 Å². The second-order valence-electron chi connectivity index (χ2n) is 5.96. The highest BCUT2D eigenvalue weighted by Gasteiger charge is 2.50. The Morgan fingerprint density at radius 2 is 2.09 bits per heavy atom. The van der Waals surface area contributed by atoms with Crippen LogP contribution in [0.15, 0.2) is 10.6 Å². The first-order chi connectivity index (χ1) is 10.1. The number of carbonyl (C=O) groups excluding carboxylic acids is 2. The lowest BCUT2D eigenvalue weighted by molar-refractivity contribution is -0.156. The van der Waals surface area contributed by atoms with Crippen molar-refractivity contribution >= 4 is 29.7 Å². The number of nitrogens with one attached hydrogen (secondary N) is 1. The number of rotatable bonds is 3. The molecule has 22 heavy (non-hydrogen) atoms. The number of carboxylic acids is 1. The van der Waals surface area contributed by atoms with Crippen LogP contribution in [0.1, 0.15) is 27.2 Å². The Balaban J connectivity index is 2.25. The van der Waals surface area contributed by atoms with Gasteiger partial charge in [-0.25, -0.2) is 9.59 Å². The minimum Gasteiger partial charge on any atom is -0.479 e. The van der Waals surface area contributed by atoms with Gasteiger partial charge in [0.25, 0.3) is 0 Å². The van der Waals surface area contributed by atoms with Crippen molar-refractivity contribution in [2.24, 2.45) is 0 Å². The van der Waals surface area contributed by atoms with Crippen molar-refractivity contribution in [1.29, 1.82) is 0 Å². The Kier molecular flexibility index (Phi) is 4.39. The highest BCUT2D eigenvalue weighted by Crippen LogP contribution is 2.43. The monoisotopic (exact) mass is 330 g/mol. The molecule has 0 bridgehead atoms. The van der Waals surface area contributed by atoms with Gasteiger partial charge >= 0.3 is 12.1 Å². The number of alkyl carbamates (subject to hydrolysis) is 1. The van der Waals surface area contributed by atoms with Crippen molar-refractivity contribution in [3.8, 4) is 0 Å². The predicted octanol–water partition coefficient (Wildman–Crippen LogP) is 0.473. The number of carboxylic acid groups (broad SMARTS) is 1. The highest BCUT2D eigenvalue weighted by atomic mass is 32.2. The van der Waals surface area contributed by atoms with E-state index in [-0.39, 0.29) is 28.3 Å². The molecule has 1 saturated heterocycles. The van der Waals surface area contributed by atoms with Gasteiger partial charge < -0.3 is 19.8 Å². The first-order valence-electron chi connectivity index (χ1n) is 6.68. The lowest BCUT2D eigenvalue weighted by Gasteiger charge is -2.47. The summed E-state index contributed by atoms with van der Waals surface area (Å²) in [6, 6.07) is -1.26. The molecule has 2 aliphatic heterocycles. The maximum atomic E-state index is 11.8. The number of thioether (sulfide) groups is 1. The van der Waals surface area contributed by atoms with Crippen LogP contribution in [0.2, 0.25) is 0 Å². The maximum Gasteiger partial charge on any atom is 0.412 e. The summed E-state index contributed by atoms with van der Waals surface area (Å²) in [7, 11) is 0. The molecular weight excluding hydrogens is 312 g/mol. The molecule has 0 saturated carbocycles. The predicted molar refractivity (Wildman–Crippen MR) is 77.7 cm³/mol. The van der Waals surface area contributed by atoms with Gasteiger partial charge in [-0.05, 0) is 20.8 Å². The quantitative estimate of drug-likeness (QED) is 0.644. The van der Waals surface area contributed by atoms with Gasteiger partial charge in [0.05, 0.1) is 23.4 Å². The molecule has 2 rings (SSSR count). The van der Waals surface area contributed by atoms with E-state index in [0.717, 1.165) is 11.8 Å². The van der Waals surface area contributed by atoms with E-state index >= 15 is 0 Å². The van der Waals surface area contributed by atoms with Gasteiger partial charge in [0.1, 0.15) is 5.60 Å². The van der Waals surface area contributed by atoms with E-state index in [0.29, 0.717) is 0 Å². The summed E-state index contributed by atoms with van der Waals surface area (Å²) in [5.74, 6) is -1.53. The number of ether oxygens (including phenoxy) is 1. The molecule has 0 aromatic rings. The van der Waals surface area contributed by atoms with E-state index in [1.54, 1.807) is 20.8 Å². The third-order valence-corrected chi connectivity index (χ3v) is 4.39. The van der Waals surface area contributed by atoms with Gasteiger partial charge in [0.2, 0.25) is 5.91 Å². The first-order valence-corrected chi connectivity index (χ1v) is 7.56. The molecule has 2 heterocycles. The summed E-state index contributed by atoms with van der Waals surface area (Å²) < 4.78 is 5.12. The number of aliphatic hydroxyl groups excluding tert-OH is 1.